The highest BCUT2D eigenvalue weighted by Crippen LogP contribution is 2.08. The average molecular weight is 258 g/mol. The van der Waals surface area contributed by atoms with Gasteiger partial charge in [0.25, 0.3) is 0 Å². The van der Waals surface area contributed by atoms with E-state index in [2.05, 4.69) is 32.8 Å². The number of hydrogen-bond donors (Lipinski definition) is 0. The maximum absolute atomic E-state index is 4.05. The van der Waals surface area contributed by atoms with E-state index in [1.807, 2.05) is 36.4 Å². The van der Waals surface area contributed by atoms with Crippen molar-refractivity contribution in [3.8, 4) is 11.8 Å². The van der Waals surface area contributed by atoms with Crippen molar-refractivity contribution in [1.82, 2.24) is 4.98 Å². The molecule has 2 rings (SSSR count). The summed E-state index contributed by atoms with van der Waals surface area (Å²) in [5.74, 6) is 6.14. The van der Waals surface area contributed by atoms with Gasteiger partial charge in [-0.15, -0.1) is 0 Å². The van der Waals surface area contributed by atoms with E-state index < -0.39 is 0 Å². The molecule has 72 valence electrons. The van der Waals surface area contributed by atoms with Crippen LogP contribution in [0.1, 0.15) is 11.1 Å². The van der Waals surface area contributed by atoms with Gasteiger partial charge in [0.15, 0.2) is 0 Å². The fourth-order valence-corrected chi connectivity index (χ4v) is 1.51. The minimum absolute atomic E-state index is 0.910. The van der Waals surface area contributed by atoms with E-state index >= 15 is 0 Å². The summed E-state index contributed by atoms with van der Waals surface area (Å²) in [5, 5.41) is 0. The Labute approximate surface area is 97.3 Å². The molecule has 15 heavy (non-hydrogen) atoms. The molecule has 2 aromatic rings. The number of aromatic nitrogens is 1. The van der Waals surface area contributed by atoms with Crippen molar-refractivity contribution >= 4 is 15.9 Å². The van der Waals surface area contributed by atoms with Crippen molar-refractivity contribution in [1.29, 1.82) is 0 Å². The first kappa shape index (κ1) is 9.95. The van der Waals surface area contributed by atoms with Crippen molar-refractivity contribution < 1.29 is 0 Å². The van der Waals surface area contributed by atoms with E-state index in [0.29, 0.717) is 0 Å². The van der Waals surface area contributed by atoms with Gasteiger partial charge in [0.1, 0.15) is 0 Å². The summed E-state index contributed by atoms with van der Waals surface area (Å²) in [7, 11) is 0. The molecule has 0 aliphatic rings. The quantitative estimate of drug-likeness (QED) is 0.661. The van der Waals surface area contributed by atoms with Crippen molar-refractivity contribution in [3.63, 3.8) is 0 Å². The van der Waals surface area contributed by atoms with Gasteiger partial charge in [-0.2, -0.15) is 0 Å². The van der Waals surface area contributed by atoms with Crippen LogP contribution in [0.4, 0.5) is 0 Å². The molecule has 0 saturated heterocycles. The Morgan fingerprint density at radius 2 is 1.67 bits per heavy atom. The molecule has 0 bridgehead atoms. The molecule has 0 amide bonds. The molecule has 1 nitrogen and oxygen atoms in total. The third-order valence-corrected chi connectivity index (χ3v) is 2.26. The zero-order chi connectivity index (χ0) is 10.5. The van der Waals surface area contributed by atoms with Crippen LogP contribution < -0.4 is 0 Å². The summed E-state index contributed by atoms with van der Waals surface area (Å²) >= 11 is 3.36. The van der Waals surface area contributed by atoms with Crippen LogP contribution in [0.5, 0.6) is 0 Å². The van der Waals surface area contributed by atoms with Gasteiger partial charge in [0.05, 0.1) is 0 Å². The number of pyridine rings is 1. The van der Waals surface area contributed by atoms with Gasteiger partial charge in [-0.25, -0.2) is 0 Å². The smallest absolute Gasteiger partial charge is 0.0443 e. The second-order valence-electron chi connectivity index (χ2n) is 3.01. The molecule has 1 aromatic heterocycles. The van der Waals surface area contributed by atoms with Crippen LogP contribution in [0.2, 0.25) is 0 Å². The number of hydrogen-bond acceptors (Lipinski definition) is 1. The normalized spacial score (nSPS) is 9.13. The van der Waals surface area contributed by atoms with Crippen LogP contribution in [0.25, 0.3) is 0 Å². The molecule has 0 saturated carbocycles. The zero-order valence-corrected chi connectivity index (χ0v) is 9.53. The molecular formula is C13H8BrN. The van der Waals surface area contributed by atoms with Crippen molar-refractivity contribution in [3.05, 3.63) is 64.4 Å². The highest BCUT2D eigenvalue weighted by molar-refractivity contribution is 9.10. The molecular weight excluding hydrogens is 250 g/mol. The van der Waals surface area contributed by atoms with Crippen LogP contribution in [-0.4, -0.2) is 4.98 Å². The van der Waals surface area contributed by atoms with Crippen molar-refractivity contribution in [2.24, 2.45) is 0 Å². The molecule has 0 fully saturated rings. The highest BCUT2D eigenvalue weighted by atomic mass is 79.9. The molecule has 0 aliphatic carbocycles. The predicted molar refractivity (Wildman–Crippen MR) is 64.4 cm³/mol. The van der Waals surface area contributed by atoms with Gasteiger partial charge in [-0.05, 0) is 34.1 Å². The molecule has 0 N–H and O–H groups in total. The lowest BCUT2D eigenvalue weighted by Gasteiger charge is -1.90. The number of halogens is 1. The summed E-state index contributed by atoms with van der Waals surface area (Å²) < 4.78 is 0.947. The molecule has 1 heterocycles. The first-order valence-electron chi connectivity index (χ1n) is 4.52. The maximum atomic E-state index is 4.05. The Hall–Kier alpha value is -1.59. The minimum atomic E-state index is 0.910. The predicted octanol–water partition coefficient (Wildman–Crippen LogP) is 3.24. The Kier molecular flexibility index (Phi) is 3.16. The fourth-order valence-electron chi connectivity index (χ4n) is 1.15. The van der Waals surface area contributed by atoms with Crippen molar-refractivity contribution in [2.75, 3.05) is 0 Å². The van der Waals surface area contributed by atoms with E-state index in [9.17, 15) is 0 Å². The largest absolute Gasteiger partial charge is 0.262 e. The lowest BCUT2D eigenvalue weighted by Crippen LogP contribution is -1.78. The summed E-state index contributed by atoms with van der Waals surface area (Å²) in [6.07, 6.45) is 3.49. The van der Waals surface area contributed by atoms with E-state index in [4.69, 9.17) is 0 Å². The molecule has 0 aliphatic heterocycles. The Balaban J connectivity index is 2.26. The third-order valence-electron chi connectivity index (χ3n) is 1.83. The van der Waals surface area contributed by atoms with E-state index in [1.165, 1.54) is 0 Å². The maximum Gasteiger partial charge on any atom is 0.0443 e. The van der Waals surface area contributed by atoms with Crippen LogP contribution in [0.3, 0.4) is 0 Å². The average Bonchev–Trinajstić information content (AvgIpc) is 2.28. The van der Waals surface area contributed by atoms with Crippen LogP contribution in [0, 0.1) is 11.8 Å². The van der Waals surface area contributed by atoms with Crippen LogP contribution >= 0.6 is 15.9 Å². The van der Waals surface area contributed by atoms with Gasteiger partial charge in [0, 0.05) is 28.0 Å². The SMILES string of the molecule is Brc1cncc(C#Cc2ccccc2)c1. The molecule has 2 heteroatoms. The van der Waals surface area contributed by atoms with Crippen LogP contribution in [-0.2, 0) is 0 Å². The van der Waals surface area contributed by atoms with Crippen molar-refractivity contribution in [2.45, 2.75) is 0 Å². The van der Waals surface area contributed by atoms with Gasteiger partial charge in [0.2, 0.25) is 0 Å². The van der Waals surface area contributed by atoms with E-state index in [-0.39, 0.29) is 0 Å². The lowest BCUT2D eigenvalue weighted by atomic mass is 10.2. The third kappa shape index (κ3) is 2.93. The van der Waals surface area contributed by atoms with Gasteiger partial charge in [-0.3, -0.25) is 4.98 Å². The lowest BCUT2D eigenvalue weighted by molar-refractivity contribution is 1.29. The standard InChI is InChI=1S/C13H8BrN/c14-13-8-12(9-15-10-13)7-6-11-4-2-1-3-5-11/h1-5,8-10H. The summed E-state index contributed by atoms with van der Waals surface area (Å²) in [5.41, 5.74) is 1.92. The van der Waals surface area contributed by atoms with Gasteiger partial charge < -0.3 is 0 Å². The number of nitrogens with zero attached hydrogens (tertiary/aromatic N) is 1. The molecule has 0 unspecified atom stereocenters. The van der Waals surface area contributed by atoms with E-state index in [1.54, 1.807) is 12.4 Å². The monoisotopic (exact) mass is 257 g/mol. The molecule has 0 atom stereocenters. The number of benzene rings is 1. The fraction of sp³-hybridized carbons (Fsp3) is 0. The van der Waals surface area contributed by atoms with Crippen LogP contribution in [0.15, 0.2) is 53.3 Å². The summed E-state index contributed by atoms with van der Waals surface area (Å²) in [4.78, 5) is 4.05. The Bertz CT molecular complexity index is 509. The summed E-state index contributed by atoms with van der Waals surface area (Å²) in [6.45, 7) is 0. The highest BCUT2D eigenvalue weighted by Gasteiger charge is 1.89. The van der Waals surface area contributed by atoms with Gasteiger partial charge in [-0.1, -0.05) is 30.0 Å². The Morgan fingerprint density at radius 3 is 2.40 bits per heavy atom. The second kappa shape index (κ2) is 4.77. The van der Waals surface area contributed by atoms with E-state index in [0.717, 1.165) is 15.6 Å². The second-order valence-corrected chi connectivity index (χ2v) is 3.92. The first-order valence-corrected chi connectivity index (χ1v) is 5.31. The minimum Gasteiger partial charge on any atom is -0.262 e. The first-order chi connectivity index (χ1) is 7.34. The molecule has 0 radical (unpaired) electrons. The Morgan fingerprint density at radius 1 is 0.933 bits per heavy atom. The molecule has 1 aromatic carbocycles. The topological polar surface area (TPSA) is 12.9 Å². The van der Waals surface area contributed by atoms with Gasteiger partial charge >= 0.3 is 0 Å². The number of rotatable bonds is 0. The molecule has 0 spiro atoms. The summed E-state index contributed by atoms with van der Waals surface area (Å²) in [6, 6.07) is 11.8. The zero-order valence-electron chi connectivity index (χ0n) is 7.94.